The Hall–Kier alpha value is -1.84. The third-order valence-corrected chi connectivity index (χ3v) is 4.41. The molecule has 0 spiro atoms. The van der Waals surface area contributed by atoms with Gasteiger partial charge in [-0.1, -0.05) is 39.0 Å². The SMILES string of the molecule is CC(C)c1ccccc1N1C(=O)CC(C)C(C(=O)O)C1C. The van der Waals surface area contributed by atoms with Gasteiger partial charge in [-0.15, -0.1) is 0 Å². The summed E-state index contributed by atoms with van der Waals surface area (Å²) in [5.74, 6) is -1.19. The lowest BCUT2D eigenvalue weighted by molar-refractivity contribution is -0.146. The van der Waals surface area contributed by atoms with Crippen molar-refractivity contribution in [2.45, 2.75) is 46.1 Å². The molecule has 3 atom stereocenters. The molecule has 1 fully saturated rings. The molecule has 1 amide bonds. The summed E-state index contributed by atoms with van der Waals surface area (Å²) in [4.78, 5) is 25.7. The van der Waals surface area contributed by atoms with E-state index in [0.29, 0.717) is 0 Å². The van der Waals surface area contributed by atoms with Gasteiger partial charge in [0.1, 0.15) is 0 Å². The molecular formula is C17H23NO3. The molecule has 1 aliphatic rings. The van der Waals surface area contributed by atoms with Gasteiger partial charge in [-0.05, 0) is 30.4 Å². The second kappa shape index (κ2) is 5.88. The molecule has 2 rings (SSSR count). The predicted octanol–water partition coefficient (Wildman–Crippen LogP) is 3.27. The van der Waals surface area contributed by atoms with E-state index >= 15 is 0 Å². The highest BCUT2D eigenvalue weighted by atomic mass is 16.4. The Balaban J connectivity index is 2.47. The molecule has 0 aliphatic carbocycles. The van der Waals surface area contributed by atoms with E-state index in [2.05, 4.69) is 13.8 Å². The standard InChI is InChI=1S/C17H23NO3/c1-10(2)13-7-5-6-8-14(13)18-12(4)16(17(20)21)11(3)9-15(18)19/h5-8,10-12,16H,9H2,1-4H3,(H,20,21). The molecule has 4 heteroatoms. The predicted molar refractivity (Wildman–Crippen MR) is 82.4 cm³/mol. The Morgan fingerprint density at radius 1 is 1.29 bits per heavy atom. The first-order valence-corrected chi connectivity index (χ1v) is 7.48. The number of hydrogen-bond donors (Lipinski definition) is 1. The first kappa shape index (κ1) is 15.5. The average Bonchev–Trinajstić information content (AvgIpc) is 2.37. The van der Waals surface area contributed by atoms with E-state index in [1.54, 1.807) is 4.90 Å². The van der Waals surface area contributed by atoms with Crippen molar-refractivity contribution in [3.05, 3.63) is 29.8 Å². The minimum Gasteiger partial charge on any atom is -0.481 e. The third-order valence-electron chi connectivity index (χ3n) is 4.41. The van der Waals surface area contributed by atoms with E-state index in [1.807, 2.05) is 38.1 Å². The van der Waals surface area contributed by atoms with Crippen LogP contribution in [0.2, 0.25) is 0 Å². The van der Waals surface area contributed by atoms with Gasteiger partial charge in [0, 0.05) is 18.2 Å². The molecule has 1 aromatic rings. The van der Waals surface area contributed by atoms with Crippen LogP contribution in [0.25, 0.3) is 0 Å². The van der Waals surface area contributed by atoms with Gasteiger partial charge in [-0.2, -0.15) is 0 Å². The molecule has 0 radical (unpaired) electrons. The van der Waals surface area contributed by atoms with Crippen LogP contribution in [0.5, 0.6) is 0 Å². The smallest absolute Gasteiger partial charge is 0.308 e. The number of hydrogen-bond acceptors (Lipinski definition) is 2. The van der Waals surface area contributed by atoms with Gasteiger partial charge in [0.2, 0.25) is 5.91 Å². The number of amides is 1. The molecule has 1 saturated heterocycles. The Kier molecular flexibility index (Phi) is 4.35. The molecule has 1 aliphatic heterocycles. The number of para-hydroxylation sites is 1. The number of benzene rings is 1. The van der Waals surface area contributed by atoms with Crippen molar-refractivity contribution in [1.29, 1.82) is 0 Å². The molecule has 21 heavy (non-hydrogen) atoms. The van der Waals surface area contributed by atoms with Crippen LogP contribution >= 0.6 is 0 Å². The van der Waals surface area contributed by atoms with Crippen LogP contribution < -0.4 is 4.90 Å². The van der Waals surface area contributed by atoms with Crippen LogP contribution in [-0.2, 0) is 9.59 Å². The number of carboxylic acid groups (broad SMARTS) is 1. The fourth-order valence-corrected chi connectivity index (χ4v) is 3.36. The largest absolute Gasteiger partial charge is 0.481 e. The second-order valence-electron chi connectivity index (χ2n) is 6.26. The molecule has 4 nitrogen and oxygen atoms in total. The number of anilines is 1. The molecule has 1 aromatic carbocycles. The summed E-state index contributed by atoms with van der Waals surface area (Å²) in [5.41, 5.74) is 1.93. The van der Waals surface area contributed by atoms with Crippen LogP contribution in [0.4, 0.5) is 5.69 Å². The summed E-state index contributed by atoms with van der Waals surface area (Å²) in [6.45, 7) is 7.84. The zero-order chi connectivity index (χ0) is 15.7. The maximum atomic E-state index is 12.5. The molecule has 3 unspecified atom stereocenters. The van der Waals surface area contributed by atoms with Gasteiger partial charge >= 0.3 is 5.97 Å². The van der Waals surface area contributed by atoms with E-state index in [4.69, 9.17) is 0 Å². The number of carboxylic acids is 1. The number of carbonyl (C=O) groups is 2. The number of aliphatic carboxylic acids is 1. The lowest BCUT2D eigenvalue weighted by Crippen LogP contribution is -2.53. The van der Waals surface area contributed by atoms with E-state index in [1.165, 1.54) is 0 Å². The zero-order valence-corrected chi connectivity index (χ0v) is 13.0. The first-order chi connectivity index (χ1) is 9.84. The van der Waals surface area contributed by atoms with Gasteiger partial charge < -0.3 is 10.0 Å². The highest BCUT2D eigenvalue weighted by Gasteiger charge is 2.42. The minimum absolute atomic E-state index is 0.0144. The quantitative estimate of drug-likeness (QED) is 0.929. The summed E-state index contributed by atoms with van der Waals surface area (Å²) in [6, 6.07) is 7.44. The lowest BCUT2D eigenvalue weighted by Gasteiger charge is -2.41. The number of rotatable bonds is 3. The first-order valence-electron chi connectivity index (χ1n) is 7.48. The molecule has 1 N–H and O–H groups in total. The monoisotopic (exact) mass is 289 g/mol. The van der Waals surface area contributed by atoms with Gasteiger partial charge in [0.25, 0.3) is 0 Å². The van der Waals surface area contributed by atoms with Crippen LogP contribution in [0.1, 0.15) is 45.6 Å². The number of carbonyl (C=O) groups excluding carboxylic acids is 1. The second-order valence-corrected chi connectivity index (χ2v) is 6.26. The van der Waals surface area contributed by atoms with E-state index < -0.39 is 11.9 Å². The van der Waals surface area contributed by atoms with Crippen LogP contribution in [0.3, 0.4) is 0 Å². The topological polar surface area (TPSA) is 57.6 Å². The maximum absolute atomic E-state index is 12.5. The van der Waals surface area contributed by atoms with Gasteiger partial charge in [-0.25, -0.2) is 0 Å². The summed E-state index contributed by atoms with van der Waals surface area (Å²) in [5, 5.41) is 9.47. The van der Waals surface area contributed by atoms with Crippen LogP contribution in [0, 0.1) is 11.8 Å². The van der Waals surface area contributed by atoms with E-state index in [0.717, 1.165) is 11.3 Å². The van der Waals surface area contributed by atoms with Gasteiger partial charge in [0.15, 0.2) is 0 Å². The Labute approximate surface area is 125 Å². The Bertz CT molecular complexity index is 553. The molecule has 0 bridgehead atoms. The Morgan fingerprint density at radius 2 is 1.90 bits per heavy atom. The normalized spacial score (nSPS) is 26.2. The van der Waals surface area contributed by atoms with Crippen molar-refractivity contribution in [1.82, 2.24) is 0 Å². The molecular weight excluding hydrogens is 266 g/mol. The molecule has 114 valence electrons. The maximum Gasteiger partial charge on any atom is 0.308 e. The van der Waals surface area contributed by atoms with Crippen molar-refractivity contribution in [3.8, 4) is 0 Å². The number of piperidine rings is 1. The molecule has 0 aromatic heterocycles. The van der Waals surface area contributed by atoms with Crippen LogP contribution in [0.15, 0.2) is 24.3 Å². The fraction of sp³-hybridized carbons (Fsp3) is 0.529. The molecule has 1 heterocycles. The highest BCUT2D eigenvalue weighted by Crippen LogP contribution is 2.37. The van der Waals surface area contributed by atoms with Gasteiger partial charge in [0.05, 0.1) is 5.92 Å². The summed E-state index contributed by atoms with van der Waals surface area (Å²) >= 11 is 0. The van der Waals surface area contributed by atoms with Crippen molar-refractivity contribution < 1.29 is 14.7 Å². The summed E-state index contributed by atoms with van der Waals surface area (Å²) < 4.78 is 0. The lowest BCUT2D eigenvalue weighted by atomic mass is 9.80. The fourth-order valence-electron chi connectivity index (χ4n) is 3.36. The minimum atomic E-state index is -0.825. The number of nitrogens with zero attached hydrogens (tertiary/aromatic N) is 1. The zero-order valence-electron chi connectivity index (χ0n) is 13.0. The average molecular weight is 289 g/mol. The van der Waals surface area contributed by atoms with Crippen molar-refractivity contribution in [3.63, 3.8) is 0 Å². The highest BCUT2D eigenvalue weighted by molar-refractivity contribution is 5.97. The Morgan fingerprint density at radius 3 is 2.48 bits per heavy atom. The summed E-state index contributed by atoms with van der Waals surface area (Å²) in [7, 11) is 0. The van der Waals surface area contributed by atoms with Crippen LogP contribution in [-0.4, -0.2) is 23.0 Å². The van der Waals surface area contributed by atoms with E-state index in [9.17, 15) is 14.7 Å². The van der Waals surface area contributed by atoms with Crippen molar-refractivity contribution in [2.24, 2.45) is 11.8 Å². The van der Waals surface area contributed by atoms with Crippen molar-refractivity contribution >= 4 is 17.6 Å². The van der Waals surface area contributed by atoms with Gasteiger partial charge in [-0.3, -0.25) is 9.59 Å². The summed E-state index contributed by atoms with van der Waals surface area (Å²) in [6.07, 6.45) is 0.285. The third kappa shape index (κ3) is 2.80. The van der Waals surface area contributed by atoms with Crippen molar-refractivity contribution in [2.75, 3.05) is 4.90 Å². The van der Waals surface area contributed by atoms with E-state index in [-0.39, 0.29) is 30.2 Å². The molecule has 0 saturated carbocycles.